The van der Waals surface area contributed by atoms with Crippen LogP contribution in [0.2, 0.25) is 0 Å². The Morgan fingerprint density at radius 2 is 1.89 bits per heavy atom. The molecule has 0 amide bonds. The van der Waals surface area contributed by atoms with Gasteiger partial charge in [0.05, 0.1) is 12.0 Å². The lowest BCUT2D eigenvalue weighted by molar-refractivity contribution is -0.133. The number of hydrogen-bond acceptors (Lipinski definition) is 6. The number of ether oxygens (including phenoxy) is 3. The fourth-order valence-electron chi connectivity index (χ4n) is 2.35. The van der Waals surface area contributed by atoms with Crippen LogP contribution in [0.3, 0.4) is 0 Å². The third-order valence-electron chi connectivity index (χ3n) is 3.63. The van der Waals surface area contributed by atoms with Crippen molar-refractivity contribution in [3.8, 4) is 23.0 Å². The zero-order chi connectivity index (χ0) is 19.4. The van der Waals surface area contributed by atoms with Crippen LogP contribution in [0.5, 0.6) is 23.0 Å². The highest BCUT2D eigenvalue weighted by atomic mass is 35.5. The van der Waals surface area contributed by atoms with Crippen LogP contribution in [0.15, 0.2) is 57.9 Å². The third-order valence-corrected chi connectivity index (χ3v) is 3.80. The van der Waals surface area contributed by atoms with Gasteiger partial charge in [0, 0.05) is 6.07 Å². The number of rotatable bonds is 6. The standard InChI is InChI=1S/C20H17ClO6/c1-3-24-15-6-4-5-7-16(15)27-18-11-25-17-10-13(26-20(23)12(2)21)8-9-14(17)19(18)22/h4-12H,3H2,1-2H3. The molecule has 1 atom stereocenters. The first kappa shape index (κ1) is 18.8. The second-order valence-corrected chi connectivity index (χ2v) is 6.26. The molecule has 0 saturated heterocycles. The lowest BCUT2D eigenvalue weighted by atomic mass is 10.2. The van der Waals surface area contributed by atoms with E-state index in [9.17, 15) is 9.59 Å². The van der Waals surface area contributed by atoms with Crippen molar-refractivity contribution in [2.24, 2.45) is 0 Å². The van der Waals surface area contributed by atoms with Gasteiger partial charge in [-0.2, -0.15) is 0 Å². The zero-order valence-corrected chi connectivity index (χ0v) is 15.5. The second kappa shape index (κ2) is 8.14. The van der Waals surface area contributed by atoms with Crippen molar-refractivity contribution >= 4 is 28.5 Å². The normalized spacial score (nSPS) is 11.8. The Hall–Kier alpha value is -2.99. The maximum absolute atomic E-state index is 12.7. The maximum atomic E-state index is 12.7. The number of carbonyl (C=O) groups excluding carboxylic acids is 1. The largest absolute Gasteiger partial charge is 0.490 e. The molecule has 3 rings (SSSR count). The van der Waals surface area contributed by atoms with Gasteiger partial charge in [-0.3, -0.25) is 9.59 Å². The summed E-state index contributed by atoms with van der Waals surface area (Å²) in [6, 6.07) is 11.5. The average molecular weight is 389 g/mol. The van der Waals surface area contributed by atoms with E-state index in [0.29, 0.717) is 23.5 Å². The molecule has 0 N–H and O–H groups in total. The van der Waals surface area contributed by atoms with Crippen molar-refractivity contribution in [3.63, 3.8) is 0 Å². The van der Waals surface area contributed by atoms with Crippen LogP contribution in [0.25, 0.3) is 11.0 Å². The van der Waals surface area contributed by atoms with Gasteiger partial charge in [0.1, 0.15) is 23.0 Å². The Kier molecular flexibility index (Phi) is 5.66. The van der Waals surface area contributed by atoms with Crippen LogP contribution in [0.1, 0.15) is 13.8 Å². The molecular weight excluding hydrogens is 372 g/mol. The summed E-state index contributed by atoms with van der Waals surface area (Å²) in [5, 5.41) is -0.492. The zero-order valence-electron chi connectivity index (χ0n) is 14.7. The summed E-state index contributed by atoms with van der Waals surface area (Å²) in [5.41, 5.74) is -0.0934. The fourth-order valence-corrected chi connectivity index (χ4v) is 2.39. The van der Waals surface area contributed by atoms with Gasteiger partial charge < -0.3 is 18.6 Å². The van der Waals surface area contributed by atoms with Crippen molar-refractivity contribution in [3.05, 3.63) is 59.0 Å². The first-order valence-electron chi connectivity index (χ1n) is 8.30. The van der Waals surface area contributed by atoms with Gasteiger partial charge >= 0.3 is 5.97 Å². The molecule has 1 heterocycles. The number of halogens is 1. The van der Waals surface area contributed by atoms with Gasteiger partial charge in [0.15, 0.2) is 11.5 Å². The minimum absolute atomic E-state index is 0.0220. The van der Waals surface area contributed by atoms with Crippen LogP contribution < -0.4 is 19.6 Å². The van der Waals surface area contributed by atoms with Gasteiger partial charge in [-0.05, 0) is 38.1 Å². The highest BCUT2D eigenvalue weighted by Crippen LogP contribution is 2.31. The van der Waals surface area contributed by atoms with E-state index in [2.05, 4.69) is 0 Å². The molecule has 0 radical (unpaired) electrons. The Morgan fingerprint density at radius 1 is 1.15 bits per heavy atom. The summed E-state index contributed by atoms with van der Waals surface area (Å²) in [5.74, 6) is 0.600. The van der Waals surface area contributed by atoms with Gasteiger partial charge in [0.25, 0.3) is 0 Å². The highest BCUT2D eigenvalue weighted by Gasteiger charge is 2.15. The molecule has 1 aromatic heterocycles. The van der Waals surface area contributed by atoms with Crippen LogP contribution in [0.4, 0.5) is 0 Å². The molecule has 2 aromatic carbocycles. The van der Waals surface area contributed by atoms with Gasteiger partial charge in [-0.25, -0.2) is 0 Å². The summed E-state index contributed by atoms with van der Waals surface area (Å²) < 4.78 is 21.8. The van der Waals surface area contributed by atoms with Crippen LogP contribution in [-0.2, 0) is 4.79 Å². The Morgan fingerprint density at radius 3 is 2.59 bits per heavy atom. The number of carbonyl (C=O) groups is 1. The summed E-state index contributed by atoms with van der Waals surface area (Å²) in [7, 11) is 0. The minimum atomic E-state index is -0.783. The van der Waals surface area contributed by atoms with Crippen molar-refractivity contribution in [1.82, 2.24) is 0 Å². The topological polar surface area (TPSA) is 75.0 Å². The third kappa shape index (κ3) is 4.23. The van der Waals surface area contributed by atoms with E-state index in [0.717, 1.165) is 0 Å². The first-order valence-corrected chi connectivity index (χ1v) is 8.74. The summed E-state index contributed by atoms with van der Waals surface area (Å²) in [6.45, 7) is 3.83. The van der Waals surface area contributed by atoms with E-state index in [-0.39, 0.29) is 22.5 Å². The van der Waals surface area contributed by atoms with Crippen molar-refractivity contribution in [2.75, 3.05) is 6.61 Å². The molecule has 0 spiro atoms. The van der Waals surface area contributed by atoms with E-state index in [4.69, 9.17) is 30.2 Å². The number of benzene rings is 2. The number of esters is 1. The molecule has 27 heavy (non-hydrogen) atoms. The van der Waals surface area contributed by atoms with Crippen molar-refractivity contribution in [2.45, 2.75) is 19.2 Å². The molecule has 6 nitrogen and oxygen atoms in total. The molecule has 3 aromatic rings. The number of alkyl halides is 1. The monoisotopic (exact) mass is 388 g/mol. The fraction of sp³-hybridized carbons (Fsp3) is 0.200. The Balaban J connectivity index is 1.92. The lowest BCUT2D eigenvalue weighted by Crippen LogP contribution is -2.17. The molecule has 0 bridgehead atoms. The predicted octanol–water partition coefficient (Wildman–Crippen LogP) is 4.52. The molecule has 140 valence electrons. The van der Waals surface area contributed by atoms with E-state index < -0.39 is 11.3 Å². The van der Waals surface area contributed by atoms with E-state index in [1.807, 2.05) is 13.0 Å². The van der Waals surface area contributed by atoms with Crippen LogP contribution in [-0.4, -0.2) is 18.0 Å². The number of hydrogen-bond donors (Lipinski definition) is 0. The van der Waals surface area contributed by atoms with Crippen molar-refractivity contribution < 1.29 is 23.4 Å². The quantitative estimate of drug-likeness (QED) is 0.351. The molecule has 0 aliphatic heterocycles. The summed E-state index contributed by atoms with van der Waals surface area (Å²) >= 11 is 5.68. The molecule has 1 unspecified atom stereocenters. The number of fused-ring (bicyclic) bond motifs is 1. The van der Waals surface area contributed by atoms with Gasteiger partial charge in [-0.15, -0.1) is 11.6 Å². The second-order valence-electron chi connectivity index (χ2n) is 5.61. The smallest absolute Gasteiger partial charge is 0.329 e. The molecular formula is C20H17ClO6. The lowest BCUT2D eigenvalue weighted by Gasteiger charge is -2.11. The van der Waals surface area contributed by atoms with Gasteiger partial charge in [0.2, 0.25) is 11.2 Å². The first-order chi connectivity index (χ1) is 13.0. The molecule has 7 heteroatoms. The average Bonchev–Trinajstić information content (AvgIpc) is 2.65. The van der Waals surface area contributed by atoms with E-state index in [1.165, 1.54) is 31.4 Å². The van der Waals surface area contributed by atoms with Crippen molar-refractivity contribution in [1.29, 1.82) is 0 Å². The van der Waals surface area contributed by atoms with Gasteiger partial charge in [-0.1, -0.05) is 12.1 Å². The number of para-hydroxylation sites is 2. The summed E-state index contributed by atoms with van der Waals surface area (Å²) in [4.78, 5) is 24.3. The Labute approximate surface area is 160 Å². The highest BCUT2D eigenvalue weighted by molar-refractivity contribution is 6.29. The van der Waals surface area contributed by atoms with Crippen LogP contribution in [0, 0.1) is 0 Å². The molecule has 0 fully saturated rings. The molecule has 0 saturated carbocycles. The predicted molar refractivity (Wildman–Crippen MR) is 101 cm³/mol. The molecule has 0 aliphatic rings. The summed E-state index contributed by atoms with van der Waals surface area (Å²) in [6.07, 6.45) is 1.21. The SMILES string of the molecule is CCOc1ccccc1Oc1coc2cc(OC(=O)C(C)Cl)ccc2c1=O. The minimum Gasteiger partial charge on any atom is -0.490 e. The maximum Gasteiger partial charge on any atom is 0.329 e. The van der Waals surface area contributed by atoms with E-state index in [1.54, 1.807) is 18.2 Å². The Bertz CT molecular complexity index is 1020. The molecule has 0 aliphatic carbocycles. The van der Waals surface area contributed by atoms with E-state index >= 15 is 0 Å². The van der Waals surface area contributed by atoms with Crippen LogP contribution >= 0.6 is 11.6 Å².